The molecule has 0 spiro atoms. The number of fused-ring (bicyclic) bond motifs is 1. The molecule has 1 aromatic rings. The molecule has 1 aliphatic carbocycles. The number of anilines is 1. The molecule has 0 bridgehead atoms. The molecule has 6 heteroatoms. The van der Waals surface area contributed by atoms with E-state index >= 15 is 0 Å². The molecule has 1 atom stereocenters. The maximum atomic E-state index is 12.6. The van der Waals surface area contributed by atoms with Gasteiger partial charge in [-0.25, -0.2) is 4.79 Å². The van der Waals surface area contributed by atoms with Crippen molar-refractivity contribution in [1.82, 2.24) is 10.2 Å². The van der Waals surface area contributed by atoms with Crippen LogP contribution in [0.3, 0.4) is 0 Å². The average molecular weight is 341 g/mol. The number of unbranched alkanes of at least 4 members (excludes halogenated alkanes) is 1. The first-order valence-corrected chi connectivity index (χ1v) is 8.75. The summed E-state index contributed by atoms with van der Waals surface area (Å²) in [6, 6.07) is 5.39. The van der Waals surface area contributed by atoms with Gasteiger partial charge in [-0.1, -0.05) is 26.0 Å². The number of imide groups is 2. The SMILES string of the molecule is C=C(Nc1ccc2c(c1)CCC2)[C@H]1C(=O)NC(=O)N(CCCC)C1=O. The summed E-state index contributed by atoms with van der Waals surface area (Å²) >= 11 is 0. The molecule has 4 amide bonds. The molecule has 1 saturated heterocycles. The zero-order valence-corrected chi connectivity index (χ0v) is 14.4. The second-order valence-corrected chi connectivity index (χ2v) is 6.56. The summed E-state index contributed by atoms with van der Waals surface area (Å²) in [6.45, 7) is 6.16. The standard InChI is InChI=1S/C19H23N3O3/c1-3-4-10-22-18(24)16(17(23)21-19(22)25)12(2)20-15-9-8-13-6-5-7-14(13)11-15/h8-9,11,16,20H,2-7,10H2,1H3,(H,21,23,25)/t16-/m0/s1. The van der Waals surface area contributed by atoms with Crippen molar-refractivity contribution in [3.63, 3.8) is 0 Å². The molecule has 2 N–H and O–H groups in total. The number of nitrogens with one attached hydrogen (secondary N) is 2. The van der Waals surface area contributed by atoms with E-state index in [1.807, 2.05) is 19.1 Å². The fourth-order valence-corrected chi connectivity index (χ4v) is 3.36. The van der Waals surface area contributed by atoms with E-state index in [0.717, 1.165) is 36.3 Å². The molecule has 0 radical (unpaired) electrons. The minimum atomic E-state index is -1.09. The Morgan fingerprint density at radius 2 is 2.04 bits per heavy atom. The maximum Gasteiger partial charge on any atom is 0.330 e. The minimum absolute atomic E-state index is 0.287. The van der Waals surface area contributed by atoms with E-state index < -0.39 is 23.8 Å². The third kappa shape index (κ3) is 3.43. The van der Waals surface area contributed by atoms with Gasteiger partial charge in [0.05, 0.1) is 0 Å². The molecule has 0 aromatic heterocycles. The number of benzene rings is 1. The number of aryl methyl sites for hydroxylation is 2. The Kier molecular flexibility index (Phi) is 4.88. The van der Waals surface area contributed by atoms with E-state index in [9.17, 15) is 14.4 Å². The minimum Gasteiger partial charge on any atom is -0.358 e. The van der Waals surface area contributed by atoms with Crippen LogP contribution < -0.4 is 10.6 Å². The Labute approximate surface area is 147 Å². The summed E-state index contributed by atoms with van der Waals surface area (Å²) in [6.07, 6.45) is 4.83. The molecule has 0 unspecified atom stereocenters. The Balaban J connectivity index is 1.74. The molecule has 132 valence electrons. The lowest BCUT2D eigenvalue weighted by atomic mass is 10.0. The van der Waals surface area contributed by atoms with Crippen LogP contribution in [0.15, 0.2) is 30.5 Å². The first kappa shape index (κ1) is 17.2. The average Bonchev–Trinajstić information content (AvgIpc) is 3.02. The summed E-state index contributed by atoms with van der Waals surface area (Å²) < 4.78 is 0. The first-order valence-electron chi connectivity index (χ1n) is 8.75. The second-order valence-electron chi connectivity index (χ2n) is 6.56. The number of barbiturate groups is 1. The highest BCUT2D eigenvalue weighted by atomic mass is 16.2. The fraction of sp³-hybridized carbons (Fsp3) is 0.421. The van der Waals surface area contributed by atoms with Gasteiger partial charge in [-0.05, 0) is 48.9 Å². The van der Waals surface area contributed by atoms with Crippen molar-refractivity contribution in [3.8, 4) is 0 Å². The van der Waals surface area contributed by atoms with E-state index in [-0.39, 0.29) is 5.70 Å². The molecular formula is C19H23N3O3. The zero-order chi connectivity index (χ0) is 18.0. The predicted molar refractivity (Wildman–Crippen MR) is 94.9 cm³/mol. The van der Waals surface area contributed by atoms with Crippen molar-refractivity contribution >= 4 is 23.5 Å². The normalized spacial score (nSPS) is 19.6. The monoisotopic (exact) mass is 341 g/mol. The first-order chi connectivity index (χ1) is 12.0. The van der Waals surface area contributed by atoms with Gasteiger partial charge in [0.25, 0.3) is 0 Å². The molecule has 25 heavy (non-hydrogen) atoms. The number of hydrogen-bond donors (Lipinski definition) is 2. The number of urea groups is 1. The van der Waals surface area contributed by atoms with Crippen molar-refractivity contribution in [2.45, 2.75) is 39.0 Å². The smallest absolute Gasteiger partial charge is 0.330 e. The van der Waals surface area contributed by atoms with Gasteiger partial charge in [0, 0.05) is 17.9 Å². The lowest BCUT2D eigenvalue weighted by molar-refractivity contribution is -0.140. The molecule has 1 fully saturated rings. The topological polar surface area (TPSA) is 78.5 Å². The van der Waals surface area contributed by atoms with E-state index in [4.69, 9.17) is 0 Å². The summed E-state index contributed by atoms with van der Waals surface area (Å²) in [7, 11) is 0. The third-order valence-electron chi connectivity index (χ3n) is 4.74. The van der Waals surface area contributed by atoms with E-state index in [1.165, 1.54) is 11.1 Å². The number of carbonyl (C=O) groups excluding carboxylic acids is 3. The van der Waals surface area contributed by atoms with Crippen LogP contribution >= 0.6 is 0 Å². The van der Waals surface area contributed by atoms with Gasteiger partial charge >= 0.3 is 6.03 Å². The molecule has 2 aliphatic rings. The number of carbonyl (C=O) groups is 3. The summed E-state index contributed by atoms with van der Waals surface area (Å²) in [5.74, 6) is -2.23. The van der Waals surface area contributed by atoms with Crippen LogP contribution in [0.25, 0.3) is 0 Å². The summed E-state index contributed by atoms with van der Waals surface area (Å²) in [5, 5.41) is 5.33. The molecular weight excluding hydrogens is 318 g/mol. The van der Waals surface area contributed by atoms with Gasteiger partial charge < -0.3 is 5.32 Å². The molecule has 1 aliphatic heterocycles. The Bertz CT molecular complexity index is 741. The van der Waals surface area contributed by atoms with Gasteiger partial charge in [-0.15, -0.1) is 0 Å². The van der Waals surface area contributed by atoms with Crippen LogP contribution in [0.1, 0.15) is 37.3 Å². The number of hydrogen-bond acceptors (Lipinski definition) is 4. The van der Waals surface area contributed by atoms with Crippen LogP contribution in [0.4, 0.5) is 10.5 Å². The molecule has 1 aromatic carbocycles. The Hall–Kier alpha value is -2.63. The molecule has 3 rings (SSSR count). The van der Waals surface area contributed by atoms with Crippen molar-refractivity contribution in [3.05, 3.63) is 41.6 Å². The van der Waals surface area contributed by atoms with Gasteiger partial charge in [-0.3, -0.25) is 19.8 Å². The highest BCUT2D eigenvalue weighted by Crippen LogP contribution is 2.27. The summed E-state index contributed by atoms with van der Waals surface area (Å²) in [5.41, 5.74) is 3.73. The van der Waals surface area contributed by atoms with E-state index in [0.29, 0.717) is 13.0 Å². The van der Waals surface area contributed by atoms with Crippen molar-refractivity contribution in [2.75, 3.05) is 11.9 Å². The predicted octanol–water partition coefficient (Wildman–Crippen LogP) is 2.60. The third-order valence-corrected chi connectivity index (χ3v) is 4.74. The van der Waals surface area contributed by atoms with Crippen LogP contribution in [0.2, 0.25) is 0 Å². The van der Waals surface area contributed by atoms with E-state index in [1.54, 1.807) is 0 Å². The largest absolute Gasteiger partial charge is 0.358 e. The molecule has 6 nitrogen and oxygen atoms in total. The van der Waals surface area contributed by atoms with Gasteiger partial charge in [0.1, 0.15) is 0 Å². The highest BCUT2D eigenvalue weighted by molar-refractivity contribution is 6.17. The second kappa shape index (κ2) is 7.09. The van der Waals surface area contributed by atoms with Crippen LogP contribution in [-0.4, -0.2) is 29.3 Å². The quantitative estimate of drug-likeness (QED) is 0.780. The van der Waals surface area contributed by atoms with Crippen molar-refractivity contribution < 1.29 is 14.4 Å². The van der Waals surface area contributed by atoms with Crippen LogP contribution in [0.5, 0.6) is 0 Å². The Morgan fingerprint density at radius 1 is 1.28 bits per heavy atom. The molecule has 1 heterocycles. The molecule has 0 saturated carbocycles. The van der Waals surface area contributed by atoms with Crippen molar-refractivity contribution in [1.29, 1.82) is 0 Å². The number of rotatable bonds is 6. The van der Waals surface area contributed by atoms with Crippen LogP contribution in [0, 0.1) is 5.92 Å². The maximum absolute atomic E-state index is 12.6. The lowest BCUT2D eigenvalue weighted by Gasteiger charge is -2.31. The Morgan fingerprint density at radius 3 is 2.80 bits per heavy atom. The van der Waals surface area contributed by atoms with Crippen LogP contribution in [-0.2, 0) is 22.4 Å². The van der Waals surface area contributed by atoms with E-state index in [2.05, 4.69) is 23.3 Å². The lowest BCUT2D eigenvalue weighted by Crippen LogP contribution is -2.58. The summed E-state index contributed by atoms with van der Waals surface area (Å²) in [4.78, 5) is 37.8. The van der Waals surface area contributed by atoms with Crippen molar-refractivity contribution in [2.24, 2.45) is 5.92 Å². The van der Waals surface area contributed by atoms with Gasteiger partial charge in [-0.2, -0.15) is 0 Å². The zero-order valence-electron chi connectivity index (χ0n) is 14.4. The number of nitrogens with zero attached hydrogens (tertiary/aromatic N) is 1. The van der Waals surface area contributed by atoms with Gasteiger partial charge in [0.15, 0.2) is 5.92 Å². The fourth-order valence-electron chi connectivity index (χ4n) is 3.36. The highest BCUT2D eigenvalue weighted by Gasteiger charge is 2.41. The van der Waals surface area contributed by atoms with Gasteiger partial charge in [0.2, 0.25) is 11.8 Å². The number of amides is 4.